The number of ether oxygens (including phenoxy) is 1. The molecule has 1 fully saturated rings. The highest BCUT2D eigenvalue weighted by atomic mass is 16.5. The molecule has 3 N–H and O–H groups in total. The highest BCUT2D eigenvalue weighted by Gasteiger charge is 2.45. The molecule has 0 radical (unpaired) electrons. The van der Waals surface area contributed by atoms with Gasteiger partial charge in [-0.15, -0.1) is 4.99 Å². The second kappa shape index (κ2) is 11.0. The Morgan fingerprint density at radius 1 is 1.34 bits per heavy atom. The van der Waals surface area contributed by atoms with Crippen molar-refractivity contribution in [1.82, 2.24) is 0 Å². The van der Waals surface area contributed by atoms with Crippen LogP contribution in [0.2, 0.25) is 0 Å². The Kier molecular flexibility index (Phi) is 9.32. The number of Topliss-reactive ketones (excluding diaryl/α,β-unsaturated/α-hetero) is 2. The largest absolute Gasteiger partial charge is 0.481 e. The molecule has 29 heavy (non-hydrogen) atoms. The zero-order chi connectivity index (χ0) is 22.2. The lowest BCUT2D eigenvalue weighted by Crippen LogP contribution is -2.53. The Morgan fingerprint density at radius 2 is 2.00 bits per heavy atom. The maximum absolute atomic E-state index is 12.1. The van der Waals surface area contributed by atoms with Gasteiger partial charge in [0.1, 0.15) is 30.0 Å². The van der Waals surface area contributed by atoms with E-state index in [1.807, 2.05) is 13.8 Å². The molecule has 0 aromatic carbocycles. The maximum Gasteiger partial charge on any atom is 0.451 e. The smallest absolute Gasteiger partial charge is 0.451 e. The number of carbonyl (C=O) groups is 4. The minimum absolute atomic E-state index is 0.00464. The third kappa shape index (κ3) is 7.51. The summed E-state index contributed by atoms with van der Waals surface area (Å²) in [4.78, 5) is 47.6. The Labute approximate surface area is 171 Å². The van der Waals surface area contributed by atoms with E-state index < -0.39 is 5.97 Å². The van der Waals surface area contributed by atoms with Crippen molar-refractivity contribution in [1.29, 1.82) is 0 Å². The number of rotatable bonds is 8. The van der Waals surface area contributed by atoms with Crippen molar-refractivity contribution in [3.05, 3.63) is 12.3 Å². The van der Waals surface area contributed by atoms with Gasteiger partial charge in [0, 0.05) is 31.3 Å². The molecule has 2 rings (SSSR count). The second-order valence-corrected chi connectivity index (χ2v) is 7.69. The van der Waals surface area contributed by atoms with Crippen LogP contribution >= 0.6 is 0 Å². The van der Waals surface area contributed by atoms with Gasteiger partial charge < -0.3 is 15.6 Å². The molecule has 0 aliphatic carbocycles. The van der Waals surface area contributed by atoms with Gasteiger partial charge in [0.2, 0.25) is 6.23 Å². The van der Waals surface area contributed by atoms with Gasteiger partial charge in [0.05, 0.1) is 13.2 Å². The van der Waals surface area contributed by atoms with Crippen molar-refractivity contribution in [3.8, 4) is 0 Å². The fraction of sp³-hybridized carbons (Fsp3) is 0.650. The van der Waals surface area contributed by atoms with E-state index in [0.29, 0.717) is 12.8 Å². The number of amides is 2. The van der Waals surface area contributed by atoms with Crippen LogP contribution in [0.5, 0.6) is 0 Å². The fourth-order valence-electron chi connectivity index (χ4n) is 2.95. The van der Waals surface area contributed by atoms with E-state index in [1.54, 1.807) is 26.2 Å². The Hall–Kier alpha value is -2.39. The molecule has 0 bridgehead atoms. The lowest BCUT2D eigenvalue weighted by Gasteiger charge is -2.32. The molecule has 2 amide bonds. The quantitative estimate of drug-likeness (QED) is 0.463. The summed E-state index contributed by atoms with van der Waals surface area (Å²) in [6, 6.07) is -0.307. The average molecular weight is 410 g/mol. The summed E-state index contributed by atoms with van der Waals surface area (Å²) in [5, 5.41) is 7.99. The summed E-state index contributed by atoms with van der Waals surface area (Å²) in [5.74, 6) is -0.716. The van der Waals surface area contributed by atoms with Gasteiger partial charge >= 0.3 is 12.0 Å². The predicted octanol–water partition coefficient (Wildman–Crippen LogP) is 2.39. The number of hydrogen-bond donors (Lipinski definition) is 2. The van der Waals surface area contributed by atoms with Crippen LogP contribution < -0.4 is 5.73 Å². The van der Waals surface area contributed by atoms with Gasteiger partial charge in [0.15, 0.2) is 0 Å². The first-order valence-electron chi connectivity index (χ1n) is 9.85. The first-order chi connectivity index (χ1) is 13.5. The van der Waals surface area contributed by atoms with E-state index in [4.69, 9.17) is 15.6 Å². The molecule has 3 unspecified atom stereocenters. The van der Waals surface area contributed by atoms with Crippen LogP contribution in [0.1, 0.15) is 59.3 Å². The van der Waals surface area contributed by atoms with Crippen LogP contribution in [0.4, 0.5) is 4.79 Å². The molecule has 2 aliphatic rings. The summed E-state index contributed by atoms with van der Waals surface area (Å²) >= 11 is 0. The lowest BCUT2D eigenvalue weighted by atomic mass is 10.0. The van der Waals surface area contributed by atoms with E-state index in [-0.39, 0.29) is 52.6 Å². The predicted molar refractivity (Wildman–Crippen MR) is 107 cm³/mol. The van der Waals surface area contributed by atoms with Gasteiger partial charge in [-0.3, -0.25) is 14.4 Å². The van der Waals surface area contributed by atoms with E-state index in [0.717, 1.165) is 19.3 Å². The SMILES string of the molecule is CC(C)C(=O)CCC1CCC([N+]2(C)C=CC(N)=NC2=O)O1.CCC(=O)CC(=O)O. The van der Waals surface area contributed by atoms with Crippen LogP contribution in [0, 0.1) is 5.92 Å². The van der Waals surface area contributed by atoms with Crippen LogP contribution in [0.3, 0.4) is 0 Å². The summed E-state index contributed by atoms with van der Waals surface area (Å²) in [6.07, 6.45) is 6.04. The topological polar surface area (TPSA) is 136 Å². The summed E-state index contributed by atoms with van der Waals surface area (Å²) < 4.78 is 5.97. The Balaban J connectivity index is 0.000000447. The average Bonchev–Trinajstić information content (AvgIpc) is 3.12. The highest BCUT2D eigenvalue weighted by Crippen LogP contribution is 2.31. The number of carboxylic acid groups (broad SMARTS) is 1. The van der Waals surface area contributed by atoms with Crippen molar-refractivity contribution in [2.75, 3.05) is 7.05 Å². The summed E-state index contributed by atoms with van der Waals surface area (Å²) in [6.45, 7) is 5.46. The molecule has 9 nitrogen and oxygen atoms in total. The maximum atomic E-state index is 12.1. The van der Waals surface area contributed by atoms with Crippen molar-refractivity contribution >= 4 is 29.4 Å². The number of hydrogen-bond acceptors (Lipinski definition) is 6. The van der Waals surface area contributed by atoms with Crippen molar-refractivity contribution in [2.24, 2.45) is 16.6 Å². The Bertz CT molecular complexity index is 700. The van der Waals surface area contributed by atoms with Crippen LogP contribution in [0.15, 0.2) is 17.3 Å². The number of urea groups is 1. The van der Waals surface area contributed by atoms with Crippen molar-refractivity contribution in [2.45, 2.75) is 71.6 Å². The van der Waals surface area contributed by atoms with E-state index in [1.165, 1.54) is 0 Å². The minimum Gasteiger partial charge on any atom is -0.481 e. The molecule has 162 valence electrons. The molecule has 0 aromatic rings. The van der Waals surface area contributed by atoms with Crippen LogP contribution in [-0.4, -0.2) is 58.4 Å². The normalized spacial score (nSPS) is 26.0. The summed E-state index contributed by atoms with van der Waals surface area (Å²) in [7, 11) is 1.78. The third-order valence-corrected chi connectivity index (χ3v) is 4.97. The monoisotopic (exact) mass is 410 g/mol. The number of carbonyl (C=O) groups excluding carboxylic acids is 3. The number of amidine groups is 1. The number of quaternary nitrogens is 1. The van der Waals surface area contributed by atoms with Gasteiger partial charge in [-0.05, 0) is 12.8 Å². The van der Waals surface area contributed by atoms with Crippen molar-refractivity contribution in [3.63, 3.8) is 0 Å². The fourth-order valence-corrected chi connectivity index (χ4v) is 2.95. The number of nitrogens with two attached hydrogens (primary N) is 1. The standard InChI is InChI=1S/C15H23N3O3.C5H8O3/c1-10(2)12(19)6-4-11-5-7-14(21-11)18(3)9-8-13(16)17-15(18)20;1-2-4(6)3-5(7)8/h8-11,14H,4-7H2,1-3H3,(H-,16,17,20);2-3H2,1H3,(H,7,8)/p+1. The van der Waals surface area contributed by atoms with Gasteiger partial charge in [-0.25, -0.2) is 4.79 Å². The van der Waals surface area contributed by atoms with Crippen LogP contribution in [-0.2, 0) is 19.1 Å². The highest BCUT2D eigenvalue weighted by molar-refractivity contribution is 5.99. The number of nitrogens with zero attached hydrogens (tertiary/aromatic N) is 2. The molecule has 0 spiro atoms. The second-order valence-electron chi connectivity index (χ2n) is 7.69. The molecule has 0 saturated carbocycles. The number of aliphatic carboxylic acids is 1. The van der Waals surface area contributed by atoms with Gasteiger partial charge in [-0.1, -0.05) is 20.8 Å². The Morgan fingerprint density at radius 3 is 2.48 bits per heavy atom. The molecular weight excluding hydrogens is 378 g/mol. The number of aliphatic imine (C=N–C) groups is 1. The summed E-state index contributed by atoms with van der Waals surface area (Å²) in [5.41, 5.74) is 5.54. The number of carboxylic acids is 1. The molecule has 1 saturated heterocycles. The first-order valence-corrected chi connectivity index (χ1v) is 9.85. The van der Waals surface area contributed by atoms with Gasteiger partial charge in [0.25, 0.3) is 0 Å². The third-order valence-electron chi connectivity index (χ3n) is 4.97. The zero-order valence-electron chi connectivity index (χ0n) is 17.6. The van der Waals surface area contributed by atoms with E-state index in [9.17, 15) is 19.2 Å². The first kappa shape index (κ1) is 24.6. The van der Waals surface area contributed by atoms with Crippen molar-refractivity contribution < 1.29 is 33.5 Å². The molecule has 3 atom stereocenters. The van der Waals surface area contributed by atoms with E-state index in [2.05, 4.69) is 4.99 Å². The molecule has 2 heterocycles. The zero-order valence-corrected chi connectivity index (χ0v) is 17.6. The van der Waals surface area contributed by atoms with Gasteiger partial charge in [-0.2, -0.15) is 4.48 Å². The minimum atomic E-state index is -1.04. The molecule has 9 heteroatoms. The molecule has 0 aromatic heterocycles. The number of ketones is 2. The molecular formula is C20H32N3O6+. The molecule has 2 aliphatic heterocycles. The van der Waals surface area contributed by atoms with Crippen LogP contribution in [0.25, 0.3) is 0 Å². The lowest BCUT2D eigenvalue weighted by molar-refractivity contribution is -0.830. The van der Waals surface area contributed by atoms with E-state index >= 15 is 0 Å².